The first kappa shape index (κ1) is 14.8. The van der Waals surface area contributed by atoms with Crippen molar-refractivity contribution in [2.45, 2.75) is 39.9 Å². The Labute approximate surface area is 110 Å². The molecule has 98 valence electrons. The number of hydrogen-bond donors (Lipinski definition) is 0. The zero-order valence-electron chi connectivity index (χ0n) is 11.7. The fourth-order valence-electron chi connectivity index (χ4n) is 1.53. The monoisotopic (exact) mass is 246 g/mol. The Balaban J connectivity index is 2.43. The first-order chi connectivity index (χ1) is 8.63. The fraction of sp³-hybridized carbons (Fsp3) is 0.500. The van der Waals surface area contributed by atoms with Crippen molar-refractivity contribution in [3.63, 3.8) is 0 Å². The molecule has 0 heterocycles. The summed E-state index contributed by atoms with van der Waals surface area (Å²) in [6, 6.07) is 8.35. The molecule has 0 N–H and O–H groups in total. The van der Waals surface area contributed by atoms with Crippen LogP contribution in [0.4, 0.5) is 0 Å². The maximum absolute atomic E-state index is 5.37. The second-order valence-corrected chi connectivity index (χ2v) is 4.41. The van der Waals surface area contributed by atoms with Crippen LogP contribution in [0.1, 0.15) is 44.7 Å². The van der Waals surface area contributed by atoms with Crippen molar-refractivity contribution in [2.75, 3.05) is 13.2 Å². The fourth-order valence-corrected chi connectivity index (χ4v) is 1.53. The highest BCUT2D eigenvalue weighted by atomic mass is 16.7. The van der Waals surface area contributed by atoms with Gasteiger partial charge in [0.2, 0.25) is 0 Å². The standard InChI is InChI=1S/C16H22O2/c1-5-17-14(4)18-12-6-7-15-8-10-16(11-9-15)13(2)3/h8-11,13-14H,5,12H2,1-4H3. The Hall–Kier alpha value is -1.30. The van der Waals surface area contributed by atoms with Crippen LogP contribution in [0.2, 0.25) is 0 Å². The number of rotatable bonds is 5. The largest absolute Gasteiger partial charge is 0.353 e. The van der Waals surface area contributed by atoms with E-state index in [1.165, 1.54) is 5.56 Å². The van der Waals surface area contributed by atoms with Crippen LogP contribution in [0, 0.1) is 11.8 Å². The summed E-state index contributed by atoms with van der Waals surface area (Å²) in [5.74, 6) is 6.62. The first-order valence-electron chi connectivity index (χ1n) is 6.45. The molecule has 0 fully saturated rings. The average molecular weight is 246 g/mol. The van der Waals surface area contributed by atoms with Crippen LogP contribution in [-0.2, 0) is 9.47 Å². The van der Waals surface area contributed by atoms with E-state index in [9.17, 15) is 0 Å². The topological polar surface area (TPSA) is 18.5 Å². The molecule has 2 heteroatoms. The van der Waals surface area contributed by atoms with Gasteiger partial charge in [-0.05, 0) is 37.5 Å². The number of hydrogen-bond acceptors (Lipinski definition) is 2. The Morgan fingerprint density at radius 3 is 2.28 bits per heavy atom. The Morgan fingerprint density at radius 1 is 1.06 bits per heavy atom. The van der Waals surface area contributed by atoms with E-state index < -0.39 is 0 Å². The summed E-state index contributed by atoms with van der Waals surface area (Å²) in [4.78, 5) is 0. The van der Waals surface area contributed by atoms with E-state index in [1.54, 1.807) is 0 Å². The third kappa shape index (κ3) is 5.35. The molecule has 1 aromatic carbocycles. The second kappa shape index (κ2) is 7.92. The molecule has 1 aromatic rings. The van der Waals surface area contributed by atoms with Crippen molar-refractivity contribution in [3.8, 4) is 11.8 Å². The van der Waals surface area contributed by atoms with E-state index in [2.05, 4.69) is 37.8 Å². The van der Waals surface area contributed by atoms with E-state index in [-0.39, 0.29) is 6.29 Å². The van der Waals surface area contributed by atoms with Crippen LogP contribution >= 0.6 is 0 Å². The van der Waals surface area contributed by atoms with Crippen LogP contribution in [0.15, 0.2) is 24.3 Å². The van der Waals surface area contributed by atoms with Gasteiger partial charge in [-0.15, -0.1) is 0 Å². The van der Waals surface area contributed by atoms with Crippen molar-refractivity contribution in [1.29, 1.82) is 0 Å². The molecule has 0 bridgehead atoms. The quantitative estimate of drug-likeness (QED) is 0.584. The van der Waals surface area contributed by atoms with Gasteiger partial charge in [-0.1, -0.05) is 37.8 Å². The van der Waals surface area contributed by atoms with E-state index in [1.807, 2.05) is 26.0 Å². The summed E-state index contributed by atoms with van der Waals surface area (Å²) in [6.07, 6.45) is -0.187. The molecule has 1 rings (SSSR count). The lowest BCUT2D eigenvalue weighted by Gasteiger charge is -2.09. The molecule has 0 aliphatic heterocycles. The summed E-state index contributed by atoms with van der Waals surface area (Å²) in [7, 11) is 0. The predicted octanol–water partition coefficient (Wildman–Crippen LogP) is 3.56. The maximum atomic E-state index is 5.37. The minimum Gasteiger partial charge on any atom is -0.353 e. The summed E-state index contributed by atoms with van der Waals surface area (Å²) >= 11 is 0. The first-order valence-corrected chi connectivity index (χ1v) is 6.45. The highest BCUT2D eigenvalue weighted by Gasteiger charge is 1.98. The van der Waals surface area contributed by atoms with Crippen molar-refractivity contribution in [1.82, 2.24) is 0 Å². The maximum Gasteiger partial charge on any atom is 0.156 e. The number of benzene rings is 1. The van der Waals surface area contributed by atoms with Gasteiger partial charge >= 0.3 is 0 Å². The molecule has 0 saturated carbocycles. The van der Waals surface area contributed by atoms with Gasteiger partial charge in [0, 0.05) is 12.2 Å². The molecular weight excluding hydrogens is 224 g/mol. The third-order valence-corrected chi connectivity index (χ3v) is 2.60. The summed E-state index contributed by atoms with van der Waals surface area (Å²) in [6.45, 7) is 9.25. The second-order valence-electron chi connectivity index (χ2n) is 4.41. The molecule has 2 nitrogen and oxygen atoms in total. The lowest BCUT2D eigenvalue weighted by molar-refractivity contribution is -0.117. The molecule has 0 aliphatic carbocycles. The lowest BCUT2D eigenvalue weighted by Crippen LogP contribution is -2.12. The van der Waals surface area contributed by atoms with Crippen LogP contribution in [0.3, 0.4) is 0 Å². The van der Waals surface area contributed by atoms with E-state index in [0.717, 1.165) is 5.56 Å². The molecule has 0 saturated heterocycles. The smallest absolute Gasteiger partial charge is 0.156 e. The van der Waals surface area contributed by atoms with Crippen LogP contribution < -0.4 is 0 Å². The Kier molecular flexibility index (Phi) is 6.49. The average Bonchev–Trinajstić information content (AvgIpc) is 2.35. The van der Waals surface area contributed by atoms with Gasteiger partial charge in [-0.25, -0.2) is 0 Å². The van der Waals surface area contributed by atoms with E-state index >= 15 is 0 Å². The molecule has 0 radical (unpaired) electrons. The van der Waals surface area contributed by atoms with Gasteiger partial charge in [0.15, 0.2) is 6.29 Å². The zero-order valence-corrected chi connectivity index (χ0v) is 11.7. The lowest BCUT2D eigenvalue weighted by atomic mass is 10.0. The van der Waals surface area contributed by atoms with Crippen LogP contribution in [-0.4, -0.2) is 19.5 Å². The predicted molar refractivity (Wildman–Crippen MR) is 74.4 cm³/mol. The minimum atomic E-state index is -0.187. The zero-order chi connectivity index (χ0) is 13.4. The molecule has 0 aliphatic rings. The number of ether oxygens (including phenoxy) is 2. The normalized spacial score (nSPS) is 12.1. The van der Waals surface area contributed by atoms with Crippen molar-refractivity contribution >= 4 is 0 Å². The molecule has 0 spiro atoms. The van der Waals surface area contributed by atoms with Crippen LogP contribution in [0.5, 0.6) is 0 Å². The SMILES string of the molecule is CCOC(C)OCC#Cc1ccc(C(C)C)cc1. The molecule has 1 atom stereocenters. The van der Waals surface area contributed by atoms with Crippen molar-refractivity contribution in [2.24, 2.45) is 0 Å². The van der Waals surface area contributed by atoms with Gasteiger partial charge in [0.1, 0.15) is 6.61 Å². The summed E-state index contributed by atoms with van der Waals surface area (Å²) in [5, 5.41) is 0. The van der Waals surface area contributed by atoms with Gasteiger partial charge in [-0.2, -0.15) is 0 Å². The van der Waals surface area contributed by atoms with Gasteiger partial charge in [0.25, 0.3) is 0 Å². The van der Waals surface area contributed by atoms with Crippen molar-refractivity contribution < 1.29 is 9.47 Å². The molecule has 0 amide bonds. The molecule has 18 heavy (non-hydrogen) atoms. The van der Waals surface area contributed by atoms with Crippen LogP contribution in [0.25, 0.3) is 0 Å². The highest BCUT2D eigenvalue weighted by Crippen LogP contribution is 2.14. The van der Waals surface area contributed by atoms with Gasteiger partial charge in [-0.3, -0.25) is 0 Å². The van der Waals surface area contributed by atoms with Gasteiger partial charge in [0.05, 0.1) is 0 Å². The molecule has 1 unspecified atom stereocenters. The van der Waals surface area contributed by atoms with E-state index in [0.29, 0.717) is 19.1 Å². The summed E-state index contributed by atoms with van der Waals surface area (Å²) in [5.41, 5.74) is 2.36. The Morgan fingerprint density at radius 2 is 1.72 bits per heavy atom. The minimum absolute atomic E-state index is 0.187. The summed E-state index contributed by atoms with van der Waals surface area (Å²) < 4.78 is 10.6. The van der Waals surface area contributed by atoms with E-state index in [4.69, 9.17) is 9.47 Å². The molecular formula is C16H22O2. The molecule has 0 aromatic heterocycles. The van der Waals surface area contributed by atoms with Crippen molar-refractivity contribution in [3.05, 3.63) is 35.4 Å². The Bertz CT molecular complexity index is 395. The third-order valence-electron chi connectivity index (χ3n) is 2.60. The highest BCUT2D eigenvalue weighted by molar-refractivity contribution is 5.36. The van der Waals surface area contributed by atoms with Gasteiger partial charge < -0.3 is 9.47 Å².